The zero-order valence-corrected chi connectivity index (χ0v) is 15.7. The topological polar surface area (TPSA) is 98.8 Å². The van der Waals surface area contributed by atoms with Crippen LogP contribution in [0.4, 0.5) is 10.5 Å². The number of hydrogen-bond acceptors (Lipinski definition) is 4. The first-order valence-corrected chi connectivity index (χ1v) is 9.88. The SMILES string of the molecule is O=C(NN1C(=O)NC2(CCCCC2)C1=O)c1ccc(N2CCCCC2=O)cc1. The zero-order chi connectivity index (χ0) is 19.7. The van der Waals surface area contributed by atoms with Crippen molar-refractivity contribution in [1.29, 1.82) is 0 Å². The van der Waals surface area contributed by atoms with Crippen LogP contribution < -0.4 is 15.6 Å². The Hall–Kier alpha value is -2.90. The van der Waals surface area contributed by atoms with Crippen molar-refractivity contribution in [3.8, 4) is 0 Å². The Bertz CT molecular complexity index is 814. The van der Waals surface area contributed by atoms with Crippen LogP contribution in [0.15, 0.2) is 24.3 Å². The molecule has 8 nitrogen and oxygen atoms in total. The van der Waals surface area contributed by atoms with Crippen molar-refractivity contribution < 1.29 is 19.2 Å². The number of imide groups is 1. The van der Waals surface area contributed by atoms with E-state index in [-0.39, 0.29) is 11.8 Å². The lowest BCUT2D eigenvalue weighted by atomic mass is 9.82. The van der Waals surface area contributed by atoms with Gasteiger partial charge in [-0.15, -0.1) is 0 Å². The number of amides is 5. The number of hydrogen-bond donors (Lipinski definition) is 2. The third-order valence-corrected chi connectivity index (χ3v) is 5.85. The van der Waals surface area contributed by atoms with Gasteiger partial charge in [-0.25, -0.2) is 4.79 Å². The van der Waals surface area contributed by atoms with Gasteiger partial charge in [0.05, 0.1) is 0 Å². The molecule has 0 atom stereocenters. The molecular weight excluding hydrogens is 360 g/mol. The molecule has 3 aliphatic rings. The number of piperidine rings is 1. The van der Waals surface area contributed by atoms with E-state index in [0.717, 1.165) is 42.8 Å². The summed E-state index contributed by atoms with van der Waals surface area (Å²) >= 11 is 0. The Balaban J connectivity index is 1.44. The molecule has 0 unspecified atom stereocenters. The molecule has 3 fully saturated rings. The summed E-state index contributed by atoms with van der Waals surface area (Å²) in [6.07, 6.45) is 6.41. The van der Waals surface area contributed by atoms with Gasteiger partial charge in [-0.05, 0) is 49.9 Å². The Labute approximate surface area is 163 Å². The van der Waals surface area contributed by atoms with Crippen LogP contribution in [0, 0.1) is 0 Å². The van der Waals surface area contributed by atoms with Gasteiger partial charge in [-0.3, -0.25) is 19.8 Å². The second-order valence-corrected chi connectivity index (χ2v) is 7.70. The van der Waals surface area contributed by atoms with E-state index in [1.807, 2.05) is 0 Å². The lowest BCUT2D eigenvalue weighted by Crippen LogP contribution is -2.50. The van der Waals surface area contributed by atoms with Crippen molar-refractivity contribution in [2.24, 2.45) is 0 Å². The Morgan fingerprint density at radius 3 is 2.36 bits per heavy atom. The molecule has 1 aliphatic carbocycles. The summed E-state index contributed by atoms with van der Waals surface area (Å²) in [5, 5.41) is 3.56. The van der Waals surface area contributed by atoms with Crippen molar-refractivity contribution in [2.75, 3.05) is 11.4 Å². The summed E-state index contributed by atoms with van der Waals surface area (Å²) < 4.78 is 0. The molecule has 0 aromatic heterocycles. The minimum Gasteiger partial charge on any atom is -0.322 e. The number of benzene rings is 1. The Kier molecular flexibility index (Phi) is 4.78. The van der Waals surface area contributed by atoms with E-state index in [1.54, 1.807) is 29.2 Å². The summed E-state index contributed by atoms with van der Waals surface area (Å²) in [7, 11) is 0. The lowest BCUT2D eigenvalue weighted by Gasteiger charge is -2.30. The predicted molar refractivity (Wildman–Crippen MR) is 101 cm³/mol. The molecule has 148 valence electrons. The van der Waals surface area contributed by atoms with Crippen molar-refractivity contribution in [3.63, 3.8) is 0 Å². The molecule has 2 aliphatic heterocycles. The van der Waals surface area contributed by atoms with Crippen molar-refractivity contribution in [1.82, 2.24) is 15.8 Å². The molecular formula is C20H24N4O4. The van der Waals surface area contributed by atoms with E-state index in [0.29, 0.717) is 31.4 Å². The second-order valence-electron chi connectivity index (χ2n) is 7.70. The minimum absolute atomic E-state index is 0.0839. The monoisotopic (exact) mass is 384 g/mol. The molecule has 0 radical (unpaired) electrons. The Morgan fingerprint density at radius 2 is 1.68 bits per heavy atom. The standard InChI is InChI=1S/C20H24N4O4/c25-16-6-2-5-13-23(16)15-9-7-14(8-10-15)17(26)22-24-18(27)20(21-19(24)28)11-3-1-4-12-20/h7-10H,1-6,11-13H2,(H,21,28)(H,22,26). The van der Waals surface area contributed by atoms with Gasteiger partial charge in [-0.1, -0.05) is 19.3 Å². The van der Waals surface area contributed by atoms with E-state index in [4.69, 9.17) is 0 Å². The quantitative estimate of drug-likeness (QED) is 0.780. The number of hydrazine groups is 1. The van der Waals surface area contributed by atoms with Gasteiger partial charge in [0.25, 0.3) is 11.8 Å². The number of urea groups is 1. The predicted octanol–water partition coefficient (Wildman–Crippen LogP) is 2.10. The first kappa shape index (κ1) is 18.5. The van der Waals surface area contributed by atoms with Crippen LogP contribution in [0.3, 0.4) is 0 Å². The number of nitrogens with one attached hydrogen (secondary N) is 2. The molecule has 0 bridgehead atoms. The maximum Gasteiger partial charge on any atom is 0.344 e. The highest BCUT2D eigenvalue weighted by molar-refractivity contribution is 6.09. The average Bonchev–Trinajstić information content (AvgIpc) is 2.93. The Morgan fingerprint density at radius 1 is 0.964 bits per heavy atom. The maximum atomic E-state index is 12.7. The lowest BCUT2D eigenvalue weighted by molar-refractivity contribution is -0.134. The minimum atomic E-state index is -0.874. The molecule has 1 spiro atoms. The third-order valence-electron chi connectivity index (χ3n) is 5.85. The number of rotatable bonds is 3. The highest BCUT2D eigenvalue weighted by atomic mass is 16.2. The molecule has 5 amide bonds. The first-order chi connectivity index (χ1) is 13.5. The zero-order valence-electron chi connectivity index (χ0n) is 15.7. The summed E-state index contributed by atoms with van der Waals surface area (Å²) in [6, 6.07) is 6.04. The summed E-state index contributed by atoms with van der Waals surface area (Å²) in [5.74, 6) is -0.838. The molecule has 8 heteroatoms. The number of carbonyl (C=O) groups excluding carboxylic acids is 4. The molecule has 2 heterocycles. The third kappa shape index (κ3) is 3.23. The van der Waals surface area contributed by atoms with Crippen LogP contribution >= 0.6 is 0 Å². The number of nitrogens with zero attached hydrogens (tertiary/aromatic N) is 2. The summed E-state index contributed by atoms with van der Waals surface area (Å²) in [4.78, 5) is 51.3. The molecule has 1 aromatic carbocycles. The van der Waals surface area contributed by atoms with Gasteiger partial charge in [0, 0.05) is 24.2 Å². The molecule has 28 heavy (non-hydrogen) atoms. The normalized spacial score (nSPS) is 21.8. The summed E-state index contributed by atoms with van der Waals surface area (Å²) in [5.41, 5.74) is 2.62. The second kappa shape index (κ2) is 7.26. The van der Waals surface area contributed by atoms with Gasteiger partial charge in [0.1, 0.15) is 5.54 Å². The van der Waals surface area contributed by atoms with Crippen molar-refractivity contribution in [2.45, 2.75) is 56.9 Å². The van der Waals surface area contributed by atoms with Gasteiger partial charge in [0.2, 0.25) is 5.91 Å². The van der Waals surface area contributed by atoms with Crippen LogP contribution in [0.5, 0.6) is 0 Å². The van der Waals surface area contributed by atoms with Gasteiger partial charge < -0.3 is 10.2 Å². The maximum absolute atomic E-state index is 12.7. The van der Waals surface area contributed by atoms with E-state index in [2.05, 4.69) is 10.7 Å². The molecule has 1 saturated carbocycles. The smallest absolute Gasteiger partial charge is 0.322 e. The van der Waals surface area contributed by atoms with E-state index >= 15 is 0 Å². The highest BCUT2D eigenvalue weighted by Crippen LogP contribution is 2.33. The summed E-state index contributed by atoms with van der Waals surface area (Å²) in [6.45, 7) is 0.676. The fraction of sp³-hybridized carbons (Fsp3) is 0.500. The van der Waals surface area contributed by atoms with Crippen LogP contribution in [-0.2, 0) is 9.59 Å². The van der Waals surface area contributed by atoms with Gasteiger partial charge in [0.15, 0.2) is 0 Å². The van der Waals surface area contributed by atoms with Gasteiger partial charge in [-0.2, -0.15) is 5.01 Å². The fourth-order valence-corrected chi connectivity index (χ4v) is 4.25. The largest absolute Gasteiger partial charge is 0.344 e. The van der Waals surface area contributed by atoms with Crippen LogP contribution in [0.1, 0.15) is 61.7 Å². The fourth-order valence-electron chi connectivity index (χ4n) is 4.25. The van der Waals surface area contributed by atoms with Crippen LogP contribution in [0.25, 0.3) is 0 Å². The van der Waals surface area contributed by atoms with Gasteiger partial charge >= 0.3 is 6.03 Å². The number of carbonyl (C=O) groups is 4. The van der Waals surface area contributed by atoms with Crippen molar-refractivity contribution in [3.05, 3.63) is 29.8 Å². The molecule has 2 N–H and O–H groups in total. The average molecular weight is 384 g/mol. The first-order valence-electron chi connectivity index (χ1n) is 9.88. The van der Waals surface area contributed by atoms with E-state index in [9.17, 15) is 19.2 Å². The molecule has 1 aromatic rings. The van der Waals surface area contributed by atoms with Crippen molar-refractivity contribution >= 4 is 29.4 Å². The van der Waals surface area contributed by atoms with Crippen LogP contribution in [-0.4, -0.2) is 40.8 Å². The van der Waals surface area contributed by atoms with E-state index in [1.165, 1.54) is 0 Å². The number of anilines is 1. The van der Waals surface area contributed by atoms with Crippen LogP contribution in [0.2, 0.25) is 0 Å². The molecule has 4 rings (SSSR count). The van der Waals surface area contributed by atoms with E-state index < -0.39 is 17.5 Å². The highest BCUT2D eigenvalue weighted by Gasteiger charge is 2.52. The molecule has 2 saturated heterocycles.